The molecule has 5 nitrogen and oxygen atoms in total. The minimum atomic E-state index is 0.138. The molecule has 1 aliphatic heterocycles. The van der Waals surface area contributed by atoms with Gasteiger partial charge in [0.1, 0.15) is 0 Å². The van der Waals surface area contributed by atoms with E-state index in [0.717, 1.165) is 37.4 Å². The number of guanidine groups is 1. The van der Waals surface area contributed by atoms with E-state index in [4.69, 9.17) is 10.5 Å². The molecule has 1 saturated heterocycles. The molecule has 1 fully saturated rings. The Labute approximate surface area is 120 Å². The maximum absolute atomic E-state index is 10.00. The predicted molar refractivity (Wildman–Crippen MR) is 80.0 cm³/mol. The first-order valence-electron chi connectivity index (χ1n) is 7.01. The van der Waals surface area contributed by atoms with Crippen LogP contribution in [-0.4, -0.2) is 36.2 Å². The van der Waals surface area contributed by atoms with Crippen LogP contribution in [0.3, 0.4) is 0 Å². The average molecular weight is 277 g/mol. The SMILES string of the molecule is COc1cccc(CN=C(N)N2CCC(C)CC2)c1O. The standard InChI is InChI=1S/C15H23N3O2/c1-11-6-8-18(9-7-11)15(16)17-10-12-4-3-5-13(20-2)14(12)19/h3-5,11,19H,6-10H2,1-2H3,(H2,16,17). The number of nitrogens with two attached hydrogens (primary N) is 1. The molecule has 0 spiro atoms. The Morgan fingerprint density at radius 1 is 1.45 bits per heavy atom. The number of hydrogen-bond donors (Lipinski definition) is 2. The summed E-state index contributed by atoms with van der Waals surface area (Å²) in [6.07, 6.45) is 2.31. The van der Waals surface area contributed by atoms with Gasteiger partial charge in [0.05, 0.1) is 13.7 Å². The molecule has 1 heterocycles. The van der Waals surface area contributed by atoms with E-state index in [0.29, 0.717) is 18.3 Å². The maximum atomic E-state index is 10.00. The van der Waals surface area contributed by atoms with E-state index in [1.54, 1.807) is 6.07 Å². The molecule has 0 unspecified atom stereocenters. The second kappa shape index (κ2) is 6.50. The number of phenolic OH excluding ortho intramolecular Hbond substituents is 1. The van der Waals surface area contributed by atoms with E-state index in [1.807, 2.05) is 12.1 Å². The Bertz CT molecular complexity index is 480. The van der Waals surface area contributed by atoms with Gasteiger partial charge in [0, 0.05) is 18.7 Å². The molecule has 0 saturated carbocycles. The number of aliphatic imine (C=N–C) groups is 1. The van der Waals surface area contributed by atoms with Crippen LogP contribution in [-0.2, 0) is 6.54 Å². The first-order valence-corrected chi connectivity index (χ1v) is 7.01. The fraction of sp³-hybridized carbons (Fsp3) is 0.533. The van der Waals surface area contributed by atoms with Gasteiger partial charge in [-0.25, -0.2) is 4.99 Å². The Morgan fingerprint density at radius 2 is 2.15 bits per heavy atom. The van der Waals surface area contributed by atoms with Gasteiger partial charge in [0.2, 0.25) is 0 Å². The van der Waals surface area contributed by atoms with Crippen LogP contribution in [0, 0.1) is 5.92 Å². The molecular weight excluding hydrogens is 254 g/mol. The maximum Gasteiger partial charge on any atom is 0.191 e. The highest BCUT2D eigenvalue weighted by Crippen LogP contribution is 2.29. The van der Waals surface area contributed by atoms with Gasteiger partial charge < -0.3 is 20.5 Å². The third-order valence-corrected chi connectivity index (χ3v) is 3.82. The van der Waals surface area contributed by atoms with Crippen molar-refractivity contribution in [3.8, 4) is 11.5 Å². The lowest BCUT2D eigenvalue weighted by atomic mass is 10.00. The summed E-state index contributed by atoms with van der Waals surface area (Å²) in [7, 11) is 1.53. The third kappa shape index (κ3) is 3.35. The summed E-state index contributed by atoms with van der Waals surface area (Å²) in [5, 5.41) is 10.00. The lowest BCUT2D eigenvalue weighted by molar-refractivity contribution is 0.277. The zero-order valence-corrected chi connectivity index (χ0v) is 12.2. The number of aromatic hydroxyl groups is 1. The summed E-state index contributed by atoms with van der Waals surface area (Å²) in [6.45, 7) is 4.54. The number of para-hydroxylation sites is 1. The second-order valence-electron chi connectivity index (χ2n) is 5.31. The van der Waals surface area contributed by atoms with Gasteiger partial charge >= 0.3 is 0 Å². The van der Waals surface area contributed by atoms with Gasteiger partial charge in [-0.15, -0.1) is 0 Å². The summed E-state index contributed by atoms with van der Waals surface area (Å²) in [6, 6.07) is 5.38. The molecule has 1 aromatic carbocycles. The minimum absolute atomic E-state index is 0.138. The molecule has 0 amide bonds. The molecular formula is C15H23N3O2. The van der Waals surface area contributed by atoms with Crippen LogP contribution in [0.5, 0.6) is 11.5 Å². The summed E-state index contributed by atoms with van der Waals surface area (Å²) >= 11 is 0. The number of rotatable bonds is 3. The molecule has 110 valence electrons. The van der Waals surface area contributed by atoms with Crippen LogP contribution in [0.15, 0.2) is 23.2 Å². The monoisotopic (exact) mass is 277 g/mol. The fourth-order valence-electron chi connectivity index (χ4n) is 2.36. The van der Waals surface area contributed by atoms with Gasteiger partial charge in [-0.05, 0) is 24.8 Å². The van der Waals surface area contributed by atoms with Crippen LogP contribution in [0.2, 0.25) is 0 Å². The van der Waals surface area contributed by atoms with Gasteiger partial charge in [0.25, 0.3) is 0 Å². The Morgan fingerprint density at radius 3 is 2.80 bits per heavy atom. The lowest BCUT2D eigenvalue weighted by Crippen LogP contribution is -2.42. The molecule has 0 radical (unpaired) electrons. The van der Waals surface area contributed by atoms with Crippen molar-refractivity contribution in [3.05, 3.63) is 23.8 Å². The van der Waals surface area contributed by atoms with Crippen molar-refractivity contribution in [1.82, 2.24) is 4.90 Å². The molecule has 0 aromatic heterocycles. The van der Waals surface area contributed by atoms with Crippen molar-refractivity contribution in [1.29, 1.82) is 0 Å². The van der Waals surface area contributed by atoms with Crippen molar-refractivity contribution >= 4 is 5.96 Å². The zero-order valence-electron chi connectivity index (χ0n) is 12.2. The number of methoxy groups -OCH3 is 1. The van der Waals surface area contributed by atoms with Crippen molar-refractivity contribution in [2.75, 3.05) is 20.2 Å². The zero-order chi connectivity index (χ0) is 14.5. The first kappa shape index (κ1) is 14.5. The van der Waals surface area contributed by atoms with Crippen molar-refractivity contribution in [2.45, 2.75) is 26.3 Å². The van der Waals surface area contributed by atoms with Gasteiger partial charge in [-0.2, -0.15) is 0 Å². The number of benzene rings is 1. The Balaban J connectivity index is 2.01. The largest absolute Gasteiger partial charge is 0.504 e. The van der Waals surface area contributed by atoms with E-state index in [1.165, 1.54) is 7.11 Å². The highest BCUT2D eigenvalue weighted by atomic mass is 16.5. The quantitative estimate of drug-likeness (QED) is 0.654. The molecule has 20 heavy (non-hydrogen) atoms. The number of ether oxygens (including phenoxy) is 1. The van der Waals surface area contributed by atoms with E-state index in [-0.39, 0.29) is 5.75 Å². The van der Waals surface area contributed by atoms with E-state index >= 15 is 0 Å². The summed E-state index contributed by atoms with van der Waals surface area (Å²) in [5.74, 6) is 1.92. The lowest BCUT2D eigenvalue weighted by Gasteiger charge is -2.31. The summed E-state index contributed by atoms with van der Waals surface area (Å²) < 4.78 is 5.08. The molecule has 3 N–H and O–H groups in total. The van der Waals surface area contributed by atoms with E-state index in [9.17, 15) is 5.11 Å². The number of nitrogens with zero attached hydrogens (tertiary/aromatic N) is 2. The fourth-order valence-corrected chi connectivity index (χ4v) is 2.36. The molecule has 0 aliphatic carbocycles. The van der Waals surface area contributed by atoms with Gasteiger partial charge in [-0.3, -0.25) is 0 Å². The van der Waals surface area contributed by atoms with Crippen LogP contribution >= 0.6 is 0 Å². The van der Waals surface area contributed by atoms with Gasteiger partial charge in [0.15, 0.2) is 17.5 Å². The summed E-state index contributed by atoms with van der Waals surface area (Å²) in [4.78, 5) is 6.49. The normalized spacial score (nSPS) is 17.3. The molecule has 0 bridgehead atoms. The Hall–Kier alpha value is -1.91. The minimum Gasteiger partial charge on any atom is -0.504 e. The number of hydrogen-bond acceptors (Lipinski definition) is 3. The average Bonchev–Trinajstić information content (AvgIpc) is 2.46. The number of likely N-dealkylation sites (tertiary alicyclic amines) is 1. The van der Waals surface area contributed by atoms with Crippen LogP contribution < -0.4 is 10.5 Å². The van der Waals surface area contributed by atoms with Crippen LogP contribution in [0.1, 0.15) is 25.3 Å². The molecule has 0 atom stereocenters. The second-order valence-corrected chi connectivity index (χ2v) is 5.31. The van der Waals surface area contributed by atoms with Crippen molar-refractivity contribution < 1.29 is 9.84 Å². The predicted octanol–water partition coefficient (Wildman–Crippen LogP) is 1.95. The van der Waals surface area contributed by atoms with E-state index in [2.05, 4.69) is 16.8 Å². The Kier molecular flexibility index (Phi) is 4.71. The first-order chi connectivity index (χ1) is 9.61. The number of phenols is 1. The molecule has 2 rings (SSSR count). The highest BCUT2D eigenvalue weighted by molar-refractivity contribution is 5.78. The third-order valence-electron chi connectivity index (χ3n) is 3.82. The van der Waals surface area contributed by atoms with Gasteiger partial charge in [-0.1, -0.05) is 19.1 Å². The topological polar surface area (TPSA) is 71.1 Å². The van der Waals surface area contributed by atoms with Crippen molar-refractivity contribution in [3.63, 3.8) is 0 Å². The molecule has 1 aromatic rings. The summed E-state index contributed by atoms with van der Waals surface area (Å²) in [5.41, 5.74) is 6.75. The molecule has 1 aliphatic rings. The van der Waals surface area contributed by atoms with Crippen LogP contribution in [0.25, 0.3) is 0 Å². The number of piperidine rings is 1. The highest BCUT2D eigenvalue weighted by Gasteiger charge is 2.17. The smallest absolute Gasteiger partial charge is 0.191 e. The molecule has 5 heteroatoms. The van der Waals surface area contributed by atoms with Crippen molar-refractivity contribution in [2.24, 2.45) is 16.6 Å². The van der Waals surface area contributed by atoms with Crippen LogP contribution in [0.4, 0.5) is 0 Å². The van der Waals surface area contributed by atoms with E-state index < -0.39 is 0 Å².